The monoisotopic (exact) mass is 422 g/mol. The van der Waals surface area contributed by atoms with Crippen molar-refractivity contribution >= 4 is 44.5 Å². The normalized spacial score (nSPS) is 10.2. The van der Waals surface area contributed by atoms with Crippen LogP contribution in [0.15, 0.2) is 57.9 Å². The maximum Gasteiger partial charge on any atom is 0.286 e. The van der Waals surface area contributed by atoms with Crippen molar-refractivity contribution in [1.82, 2.24) is 4.90 Å². The second-order valence-corrected chi connectivity index (χ2v) is 7.27. The van der Waals surface area contributed by atoms with Gasteiger partial charge in [-0.1, -0.05) is 34.1 Å². The van der Waals surface area contributed by atoms with Gasteiger partial charge < -0.3 is 15.0 Å². The fraction of sp³-hybridized carbons (Fsp3) is 0.222. The van der Waals surface area contributed by atoms with Crippen LogP contribution in [0, 0.1) is 0 Å². The Morgan fingerprint density at radius 2 is 1.92 bits per heavy atom. The van der Waals surface area contributed by atoms with E-state index < -0.39 is 0 Å². The highest BCUT2D eigenvalue weighted by molar-refractivity contribution is 9.10. The van der Waals surface area contributed by atoms with Crippen LogP contribution in [0.3, 0.4) is 0 Å². The van der Waals surface area contributed by atoms with Crippen LogP contribution in [0.5, 0.6) is 5.75 Å². The van der Waals surface area contributed by atoms with Crippen molar-refractivity contribution < 1.29 is 14.3 Å². The molecule has 2 rings (SSSR count). The standard InChI is InChI=1S/C18H19BrN2O3S/c1-21(2)18(23)25-16-9-4-3-8-15(16)20-17(22)10-11-24-14-7-5-6-13(19)12-14/h3-9,12H,10-11H2,1-2H3,(H,20,22). The van der Waals surface area contributed by atoms with Gasteiger partial charge in [0.15, 0.2) is 0 Å². The number of hydrogen-bond acceptors (Lipinski definition) is 4. The Morgan fingerprint density at radius 3 is 2.64 bits per heavy atom. The minimum atomic E-state index is -0.166. The summed E-state index contributed by atoms with van der Waals surface area (Å²) in [5, 5.41) is 2.74. The topological polar surface area (TPSA) is 58.6 Å². The zero-order valence-electron chi connectivity index (χ0n) is 14.0. The van der Waals surface area contributed by atoms with Crippen LogP contribution in [0.4, 0.5) is 10.5 Å². The molecule has 2 amide bonds. The molecule has 0 aliphatic heterocycles. The van der Waals surface area contributed by atoms with Crippen molar-refractivity contribution in [3.63, 3.8) is 0 Å². The van der Waals surface area contributed by atoms with Gasteiger partial charge in [-0.2, -0.15) is 0 Å². The van der Waals surface area contributed by atoms with E-state index in [1.165, 1.54) is 4.90 Å². The van der Waals surface area contributed by atoms with E-state index >= 15 is 0 Å². The summed E-state index contributed by atoms with van der Waals surface area (Å²) >= 11 is 4.45. The SMILES string of the molecule is CN(C)C(=O)Sc1ccccc1NC(=O)CCOc1cccc(Br)c1. The molecule has 7 heteroatoms. The summed E-state index contributed by atoms with van der Waals surface area (Å²) in [4.78, 5) is 26.2. The molecule has 0 aliphatic carbocycles. The Bertz CT molecular complexity index is 753. The quantitative estimate of drug-likeness (QED) is 0.689. The molecule has 25 heavy (non-hydrogen) atoms. The molecule has 0 fully saturated rings. The minimum Gasteiger partial charge on any atom is -0.493 e. The predicted octanol–water partition coefficient (Wildman–Crippen LogP) is 4.63. The van der Waals surface area contributed by atoms with E-state index in [9.17, 15) is 9.59 Å². The Morgan fingerprint density at radius 1 is 1.16 bits per heavy atom. The highest BCUT2D eigenvalue weighted by atomic mass is 79.9. The van der Waals surface area contributed by atoms with E-state index in [0.717, 1.165) is 16.2 Å². The Labute approximate surface area is 159 Å². The fourth-order valence-corrected chi connectivity index (χ4v) is 3.00. The van der Waals surface area contributed by atoms with Gasteiger partial charge in [-0.05, 0) is 42.1 Å². The number of rotatable bonds is 6. The first-order valence-corrected chi connectivity index (χ1v) is 9.23. The number of halogens is 1. The Hall–Kier alpha value is -1.99. The number of nitrogens with zero attached hydrogens (tertiary/aromatic N) is 1. The molecule has 0 saturated carbocycles. The molecule has 5 nitrogen and oxygen atoms in total. The maximum atomic E-state index is 12.1. The molecule has 0 aromatic heterocycles. The van der Waals surface area contributed by atoms with Gasteiger partial charge in [0.2, 0.25) is 5.91 Å². The van der Waals surface area contributed by atoms with Crippen molar-refractivity contribution in [2.45, 2.75) is 11.3 Å². The molecule has 0 heterocycles. The summed E-state index contributed by atoms with van der Waals surface area (Å²) in [7, 11) is 3.38. The maximum absolute atomic E-state index is 12.1. The summed E-state index contributed by atoms with van der Waals surface area (Å²) in [6.45, 7) is 0.272. The number of amides is 2. The van der Waals surface area contributed by atoms with Crippen molar-refractivity contribution in [1.29, 1.82) is 0 Å². The highest BCUT2D eigenvalue weighted by Crippen LogP contribution is 2.28. The predicted molar refractivity (Wildman–Crippen MR) is 104 cm³/mol. The molecule has 2 aromatic carbocycles. The molecular formula is C18H19BrN2O3S. The molecule has 0 aliphatic rings. The van der Waals surface area contributed by atoms with Gasteiger partial charge in [-0.3, -0.25) is 9.59 Å². The number of ether oxygens (including phenoxy) is 1. The van der Waals surface area contributed by atoms with E-state index in [1.54, 1.807) is 26.2 Å². The Kier molecular flexibility index (Phi) is 7.33. The molecule has 1 N–H and O–H groups in total. The average molecular weight is 423 g/mol. The number of carbonyl (C=O) groups is 2. The van der Waals surface area contributed by atoms with E-state index in [2.05, 4.69) is 21.2 Å². The second kappa shape index (κ2) is 9.48. The van der Waals surface area contributed by atoms with Crippen LogP contribution in [0.2, 0.25) is 0 Å². The number of benzene rings is 2. The first-order chi connectivity index (χ1) is 12.0. The molecule has 2 aromatic rings. The molecule has 0 saturated heterocycles. The summed E-state index contributed by atoms with van der Waals surface area (Å²) in [5.41, 5.74) is 0.621. The van der Waals surface area contributed by atoms with Crippen LogP contribution in [0.1, 0.15) is 6.42 Å². The van der Waals surface area contributed by atoms with Crippen molar-refractivity contribution in [2.24, 2.45) is 0 Å². The number of para-hydroxylation sites is 1. The fourth-order valence-electron chi connectivity index (χ4n) is 1.88. The zero-order chi connectivity index (χ0) is 18.2. The van der Waals surface area contributed by atoms with Gasteiger partial charge in [0.05, 0.1) is 18.7 Å². The number of thioether (sulfide) groups is 1. The molecular weight excluding hydrogens is 404 g/mol. The number of hydrogen-bond donors (Lipinski definition) is 1. The van der Waals surface area contributed by atoms with Crippen LogP contribution in [-0.2, 0) is 4.79 Å². The lowest BCUT2D eigenvalue weighted by Crippen LogP contribution is -2.18. The van der Waals surface area contributed by atoms with Crippen molar-refractivity contribution in [3.8, 4) is 5.75 Å². The van der Waals surface area contributed by atoms with Gasteiger partial charge >= 0.3 is 0 Å². The second-order valence-electron chi connectivity index (χ2n) is 5.36. The molecule has 0 radical (unpaired) electrons. The molecule has 0 spiro atoms. The highest BCUT2D eigenvalue weighted by Gasteiger charge is 2.12. The third kappa shape index (κ3) is 6.43. The Balaban J connectivity index is 1.89. The summed E-state index contributed by atoms with van der Waals surface area (Å²) in [6.07, 6.45) is 0.215. The third-order valence-electron chi connectivity index (χ3n) is 3.12. The van der Waals surface area contributed by atoms with Crippen molar-refractivity contribution in [3.05, 3.63) is 53.0 Å². The third-order valence-corrected chi connectivity index (χ3v) is 4.73. The van der Waals surface area contributed by atoms with E-state index in [0.29, 0.717) is 16.3 Å². The lowest BCUT2D eigenvalue weighted by molar-refractivity contribution is -0.116. The smallest absolute Gasteiger partial charge is 0.286 e. The van der Waals surface area contributed by atoms with Crippen LogP contribution < -0.4 is 10.1 Å². The van der Waals surface area contributed by atoms with Crippen LogP contribution in [-0.4, -0.2) is 36.7 Å². The number of nitrogens with one attached hydrogen (secondary N) is 1. The molecule has 0 atom stereocenters. The van der Waals surface area contributed by atoms with Gasteiger partial charge in [0.1, 0.15) is 5.75 Å². The average Bonchev–Trinajstić information content (AvgIpc) is 2.56. The van der Waals surface area contributed by atoms with Crippen LogP contribution in [0.25, 0.3) is 0 Å². The summed E-state index contributed by atoms with van der Waals surface area (Å²) in [5.74, 6) is 0.537. The molecule has 132 valence electrons. The van der Waals surface area contributed by atoms with E-state index in [-0.39, 0.29) is 24.2 Å². The minimum absolute atomic E-state index is 0.0975. The first kappa shape index (κ1) is 19.3. The zero-order valence-corrected chi connectivity index (χ0v) is 16.4. The lowest BCUT2D eigenvalue weighted by atomic mass is 10.3. The van der Waals surface area contributed by atoms with Crippen molar-refractivity contribution in [2.75, 3.05) is 26.0 Å². The lowest BCUT2D eigenvalue weighted by Gasteiger charge is -2.13. The first-order valence-electron chi connectivity index (χ1n) is 7.62. The summed E-state index contributed by atoms with van der Waals surface area (Å²) < 4.78 is 6.49. The number of anilines is 1. The molecule has 0 unspecified atom stereocenters. The van der Waals surface area contributed by atoms with Gasteiger partial charge in [-0.25, -0.2) is 0 Å². The number of carbonyl (C=O) groups excluding carboxylic acids is 2. The van der Waals surface area contributed by atoms with Gasteiger partial charge in [0.25, 0.3) is 5.24 Å². The van der Waals surface area contributed by atoms with Gasteiger partial charge in [-0.15, -0.1) is 0 Å². The van der Waals surface area contributed by atoms with E-state index in [1.807, 2.05) is 36.4 Å². The van der Waals surface area contributed by atoms with Crippen LogP contribution >= 0.6 is 27.7 Å². The molecule has 0 bridgehead atoms. The van der Waals surface area contributed by atoms with Gasteiger partial charge in [0, 0.05) is 23.5 Å². The van der Waals surface area contributed by atoms with E-state index in [4.69, 9.17) is 4.74 Å². The largest absolute Gasteiger partial charge is 0.493 e. The summed E-state index contributed by atoms with van der Waals surface area (Å²) in [6, 6.07) is 14.7.